The van der Waals surface area contributed by atoms with Gasteiger partial charge in [0, 0.05) is 18.8 Å². The molecule has 0 spiro atoms. The molecule has 0 radical (unpaired) electrons. The van der Waals surface area contributed by atoms with E-state index < -0.39 is 21.2 Å². The Labute approximate surface area is 114 Å². The highest BCUT2D eigenvalue weighted by Crippen LogP contribution is 2.39. The first-order chi connectivity index (χ1) is 8.80. The van der Waals surface area contributed by atoms with Gasteiger partial charge in [0.1, 0.15) is 0 Å². The maximum Gasteiger partial charge on any atom is 0.310 e. The van der Waals surface area contributed by atoms with Crippen LogP contribution in [0.1, 0.15) is 39.0 Å². The summed E-state index contributed by atoms with van der Waals surface area (Å²) in [7, 11) is -3.04. The van der Waals surface area contributed by atoms with Crippen LogP contribution in [0.3, 0.4) is 0 Å². The highest BCUT2D eigenvalue weighted by atomic mass is 32.2. The Bertz CT molecular complexity index is 461. The summed E-state index contributed by atoms with van der Waals surface area (Å²) in [6.45, 7) is 3.10. The Morgan fingerprint density at radius 2 is 2.11 bits per heavy atom. The number of carbonyl (C=O) groups is 1. The van der Waals surface area contributed by atoms with E-state index in [1.54, 1.807) is 0 Å². The third-order valence-electron chi connectivity index (χ3n) is 4.95. The van der Waals surface area contributed by atoms with Crippen LogP contribution < -0.4 is 0 Å². The van der Waals surface area contributed by atoms with Crippen LogP contribution in [-0.2, 0) is 14.6 Å². The number of sulfone groups is 1. The Hall–Kier alpha value is -0.620. The van der Waals surface area contributed by atoms with Crippen LogP contribution in [0, 0.1) is 5.41 Å². The molecule has 6 heteroatoms. The summed E-state index contributed by atoms with van der Waals surface area (Å²) >= 11 is 0. The fourth-order valence-corrected chi connectivity index (χ4v) is 5.10. The smallest absolute Gasteiger partial charge is 0.310 e. The molecule has 2 fully saturated rings. The molecule has 0 aromatic heterocycles. The summed E-state index contributed by atoms with van der Waals surface area (Å²) in [4.78, 5) is 13.6. The highest BCUT2D eigenvalue weighted by molar-refractivity contribution is 7.91. The highest BCUT2D eigenvalue weighted by Gasteiger charge is 2.48. The standard InChI is InChI=1S/C13H23NO4S/c1-3-13(12(15)16)7-8-14(9-13)10-5-4-6-11(10)19(2,17)18/h10-11H,3-9H2,1-2H3,(H,15,16). The second-order valence-electron chi connectivity index (χ2n) is 6.03. The summed E-state index contributed by atoms with van der Waals surface area (Å²) in [6, 6.07) is 0.0165. The van der Waals surface area contributed by atoms with E-state index >= 15 is 0 Å². The summed E-state index contributed by atoms with van der Waals surface area (Å²) < 4.78 is 23.6. The van der Waals surface area contributed by atoms with Gasteiger partial charge >= 0.3 is 5.97 Å². The SMILES string of the molecule is CCC1(C(=O)O)CCN(C2CCCC2S(C)(=O)=O)C1. The van der Waals surface area contributed by atoms with Crippen LogP contribution in [0.4, 0.5) is 0 Å². The molecule has 1 saturated carbocycles. The molecular weight excluding hydrogens is 266 g/mol. The minimum Gasteiger partial charge on any atom is -0.481 e. The summed E-state index contributed by atoms with van der Waals surface area (Å²) in [5.41, 5.74) is -0.676. The second-order valence-corrected chi connectivity index (χ2v) is 8.29. The lowest BCUT2D eigenvalue weighted by Gasteiger charge is -2.30. The van der Waals surface area contributed by atoms with Crippen molar-refractivity contribution >= 4 is 15.8 Å². The van der Waals surface area contributed by atoms with Crippen molar-refractivity contribution in [3.8, 4) is 0 Å². The lowest BCUT2D eigenvalue weighted by molar-refractivity contribution is -0.148. The fraction of sp³-hybridized carbons (Fsp3) is 0.923. The Morgan fingerprint density at radius 3 is 2.58 bits per heavy atom. The molecule has 0 aromatic rings. The molecule has 1 saturated heterocycles. The predicted molar refractivity (Wildman–Crippen MR) is 72.8 cm³/mol. The number of nitrogens with zero attached hydrogens (tertiary/aromatic N) is 1. The van der Waals surface area contributed by atoms with Crippen LogP contribution in [0.25, 0.3) is 0 Å². The lowest BCUT2D eigenvalue weighted by Crippen LogP contribution is -2.44. The van der Waals surface area contributed by atoms with Crippen molar-refractivity contribution in [2.45, 2.75) is 50.3 Å². The average Bonchev–Trinajstić information content (AvgIpc) is 2.95. The number of likely N-dealkylation sites (tertiary alicyclic amines) is 1. The van der Waals surface area contributed by atoms with Gasteiger partial charge in [0.05, 0.1) is 10.7 Å². The third kappa shape index (κ3) is 2.65. The van der Waals surface area contributed by atoms with Crippen molar-refractivity contribution in [3.05, 3.63) is 0 Å². The summed E-state index contributed by atoms with van der Waals surface area (Å²) in [5, 5.41) is 9.09. The largest absolute Gasteiger partial charge is 0.481 e. The normalized spacial score (nSPS) is 36.7. The van der Waals surface area contributed by atoms with Gasteiger partial charge in [-0.1, -0.05) is 13.3 Å². The molecule has 3 atom stereocenters. The van der Waals surface area contributed by atoms with E-state index in [1.807, 2.05) is 6.92 Å². The van der Waals surface area contributed by atoms with E-state index in [0.717, 1.165) is 12.8 Å². The minimum atomic E-state index is -3.04. The monoisotopic (exact) mass is 289 g/mol. The number of carboxylic acid groups (broad SMARTS) is 1. The van der Waals surface area contributed by atoms with E-state index in [-0.39, 0.29) is 11.3 Å². The maximum absolute atomic E-state index is 11.8. The zero-order valence-corrected chi connectivity index (χ0v) is 12.4. The maximum atomic E-state index is 11.8. The van der Waals surface area contributed by atoms with Gasteiger partial charge in [0.15, 0.2) is 9.84 Å². The first kappa shape index (κ1) is 14.8. The molecule has 19 heavy (non-hydrogen) atoms. The zero-order valence-electron chi connectivity index (χ0n) is 11.6. The van der Waals surface area contributed by atoms with Crippen LogP contribution >= 0.6 is 0 Å². The van der Waals surface area contributed by atoms with Crippen molar-refractivity contribution in [1.29, 1.82) is 0 Å². The molecule has 0 aromatic carbocycles. The van der Waals surface area contributed by atoms with E-state index in [9.17, 15) is 18.3 Å². The number of carboxylic acids is 1. The number of hydrogen-bond donors (Lipinski definition) is 1. The van der Waals surface area contributed by atoms with E-state index in [4.69, 9.17) is 0 Å². The van der Waals surface area contributed by atoms with Gasteiger partial charge in [-0.3, -0.25) is 9.69 Å². The molecule has 2 rings (SSSR count). The number of aliphatic carboxylic acids is 1. The van der Waals surface area contributed by atoms with Crippen LogP contribution in [0.15, 0.2) is 0 Å². The van der Waals surface area contributed by atoms with Crippen LogP contribution in [0.2, 0.25) is 0 Å². The van der Waals surface area contributed by atoms with Gasteiger partial charge in [-0.05, 0) is 32.2 Å². The molecule has 1 aliphatic heterocycles. The average molecular weight is 289 g/mol. The van der Waals surface area contributed by atoms with Crippen molar-refractivity contribution in [3.63, 3.8) is 0 Å². The lowest BCUT2D eigenvalue weighted by atomic mass is 9.84. The second kappa shape index (κ2) is 5.05. The molecular formula is C13H23NO4S. The molecule has 3 unspecified atom stereocenters. The van der Waals surface area contributed by atoms with Crippen molar-refractivity contribution < 1.29 is 18.3 Å². The fourth-order valence-electron chi connectivity index (χ4n) is 3.63. The molecule has 0 bridgehead atoms. The molecule has 1 aliphatic carbocycles. The van der Waals surface area contributed by atoms with Crippen LogP contribution in [0.5, 0.6) is 0 Å². The Kier molecular flexibility index (Phi) is 3.93. The molecule has 110 valence electrons. The van der Waals surface area contributed by atoms with Crippen molar-refractivity contribution in [1.82, 2.24) is 4.90 Å². The quantitative estimate of drug-likeness (QED) is 0.840. The van der Waals surface area contributed by atoms with Gasteiger partial charge < -0.3 is 5.11 Å². The van der Waals surface area contributed by atoms with Gasteiger partial charge in [0.25, 0.3) is 0 Å². The topological polar surface area (TPSA) is 74.7 Å². The molecule has 0 amide bonds. The molecule has 2 aliphatic rings. The molecule has 1 N–H and O–H groups in total. The van der Waals surface area contributed by atoms with Crippen molar-refractivity contribution in [2.24, 2.45) is 5.41 Å². The third-order valence-corrected chi connectivity index (χ3v) is 6.60. The van der Waals surface area contributed by atoms with Crippen LogP contribution in [-0.4, -0.2) is 55.0 Å². The summed E-state index contributed by atoms with van der Waals surface area (Å²) in [5.74, 6) is -0.744. The Morgan fingerprint density at radius 1 is 1.42 bits per heavy atom. The number of hydrogen-bond acceptors (Lipinski definition) is 4. The molecule has 1 heterocycles. The van der Waals surface area contributed by atoms with Crippen molar-refractivity contribution in [2.75, 3.05) is 19.3 Å². The molecule has 5 nitrogen and oxygen atoms in total. The predicted octanol–water partition coefficient (Wildman–Crippen LogP) is 1.14. The minimum absolute atomic E-state index is 0.0165. The Balaban J connectivity index is 2.15. The van der Waals surface area contributed by atoms with Gasteiger partial charge in [-0.2, -0.15) is 0 Å². The zero-order chi connectivity index (χ0) is 14.3. The van der Waals surface area contributed by atoms with E-state index in [0.29, 0.717) is 32.4 Å². The first-order valence-corrected chi connectivity index (χ1v) is 8.92. The van der Waals surface area contributed by atoms with Gasteiger partial charge in [-0.15, -0.1) is 0 Å². The van der Waals surface area contributed by atoms with Gasteiger partial charge in [-0.25, -0.2) is 8.42 Å². The first-order valence-electron chi connectivity index (χ1n) is 6.96. The van der Waals surface area contributed by atoms with E-state index in [1.165, 1.54) is 6.26 Å². The number of rotatable bonds is 4. The van der Waals surface area contributed by atoms with Gasteiger partial charge in [0.2, 0.25) is 0 Å². The van der Waals surface area contributed by atoms with E-state index in [2.05, 4.69) is 4.90 Å². The summed E-state index contributed by atoms with van der Waals surface area (Å²) in [6.07, 6.45) is 5.05.